The van der Waals surface area contributed by atoms with Crippen molar-refractivity contribution < 1.29 is 19.1 Å². The van der Waals surface area contributed by atoms with E-state index in [2.05, 4.69) is 5.32 Å². The summed E-state index contributed by atoms with van der Waals surface area (Å²) in [5, 5.41) is 4.03. The molecule has 0 atom stereocenters. The number of hydrogen-bond acceptors (Lipinski definition) is 6. The highest BCUT2D eigenvalue weighted by Crippen LogP contribution is 2.37. The lowest BCUT2D eigenvalue weighted by molar-refractivity contribution is -0.129. The van der Waals surface area contributed by atoms with Crippen molar-refractivity contribution in [1.29, 1.82) is 0 Å². The Morgan fingerprint density at radius 3 is 2.66 bits per heavy atom. The van der Waals surface area contributed by atoms with Crippen molar-refractivity contribution in [2.45, 2.75) is 31.2 Å². The van der Waals surface area contributed by atoms with Gasteiger partial charge in [-0.1, -0.05) is 11.6 Å². The fourth-order valence-corrected chi connectivity index (χ4v) is 5.31. The molecule has 3 rings (SSSR count). The van der Waals surface area contributed by atoms with E-state index in [1.54, 1.807) is 16.7 Å². The van der Waals surface area contributed by atoms with Crippen LogP contribution in [0.25, 0.3) is 0 Å². The van der Waals surface area contributed by atoms with Gasteiger partial charge in [-0.3, -0.25) is 9.59 Å². The molecule has 1 aromatic heterocycles. The molecule has 1 N–H and O–H groups in total. The maximum Gasteiger partial charge on any atom is 0.341 e. The van der Waals surface area contributed by atoms with Crippen LogP contribution in [0.15, 0.2) is 29.2 Å². The summed E-state index contributed by atoms with van der Waals surface area (Å²) in [4.78, 5) is 40.1. The molecular weight excluding hydrogens is 432 g/mol. The Kier molecular flexibility index (Phi) is 7.21. The minimum absolute atomic E-state index is 0.00604. The average molecular weight is 453 g/mol. The molecule has 0 unspecified atom stereocenters. The number of rotatable bonds is 6. The van der Waals surface area contributed by atoms with Crippen LogP contribution >= 0.6 is 34.7 Å². The quantitative estimate of drug-likeness (QED) is 0.524. The van der Waals surface area contributed by atoms with Crippen LogP contribution in [-0.2, 0) is 27.3 Å². The van der Waals surface area contributed by atoms with Gasteiger partial charge in [0.1, 0.15) is 5.00 Å². The Morgan fingerprint density at radius 1 is 1.28 bits per heavy atom. The van der Waals surface area contributed by atoms with Gasteiger partial charge in [0.2, 0.25) is 11.8 Å². The smallest absolute Gasteiger partial charge is 0.341 e. The summed E-state index contributed by atoms with van der Waals surface area (Å²) >= 11 is 8.78. The van der Waals surface area contributed by atoms with Gasteiger partial charge in [-0.2, -0.15) is 0 Å². The molecule has 1 aromatic carbocycles. The lowest BCUT2D eigenvalue weighted by Gasteiger charge is -2.25. The number of amides is 2. The molecule has 2 amide bonds. The van der Waals surface area contributed by atoms with E-state index in [1.807, 2.05) is 24.3 Å². The number of methoxy groups -OCH3 is 1. The number of anilines is 1. The highest BCUT2D eigenvalue weighted by atomic mass is 35.5. The van der Waals surface area contributed by atoms with Crippen molar-refractivity contribution in [3.05, 3.63) is 45.3 Å². The summed E-state index contributed by atoms with van der Waals surface area (Å²) in [7, 11) is 1.32. The predicted molar refractivity (Wildman–Crippen MR) is 116 cm³/mol. The fourth-order valence-electron chi connectivity index (χ4n) is 3.06. The largest absolute Gasteiger partial charge is 0.465 e. The number of nitrogens with zero attached hydrogens (tertiary/aromatic N) is 1. The Bertz CT molecular complexity index is 927. The Hall–Kier alpha value is -2.03. The lowest BCUT2D eigenvalue weighted by Crippen LogP contribution is -2.33. The van der Waals surface area contributed by atoms with Gasteiger partial charge >= 0.3 is 5.97 Å². The van der Waals surface area contributed by atoms with E-state index in [1.165, 1.54) is 25.4 Å². The summed E-state index contributed by atoms with van der Waals surface area (Å²) in [5.74, 6) is -0.0405. The number of ether oxygens (including phenoxy) is 1. The summed E-state index contributed by atoms with van der Waals surface area (Å²) in [5.41, 5.74) is 1.28. The number of carbonyl (C=O) groups excluding carboxylic acids is 3. The lowest BCUT2D eigenvalue weighted by atomic mass is 10.0. The first-order chi connectivity index (χ1) is 13.9. The van der Waals surface area contributed by atoms with Crippen molar-refractivity contribution in [1.82, 2.24) is 4.90 Å². The maximum absolute atomic E-state index is 12.4. The van der Waals surface area contributed by atoms with E-state index in [9.17, 15) is 14.4 Å². The maximum atomic E-state index is 12.4. The van der Waals surface area contributed by atoms with Gasteiger partial charge in [0.25, 0.3) is 0 Å². The van der Waals surface area contributed by atoms with E-state index in [-0.39, 0.29) is 11.8 Å². The second-order valence-electron chi connectivity index (χ2n) is 6.49. The van der Waals surface area contributed by atoms with Gasteiger partial charge in [0.05, 0.1) is 19.2 Å². The fraction of sp³-hybridized carbons (Fsp3) is 0.350. The molecule has 0 aliphatic carbocycles. The molecule has 1 aliphatic heterocycles. The molecule has 154 valence electrons. The summed E-state index contributed by atoms with van der Waals surface area (Å²) in [6.07, 6.45) is 0.869. The van der Waals surface area contributed by atoms with Gasteiger partial charge in [0, 0.05) is 40.4 Å². The van der Waals surface area contributed by atoms with Crippen molar-refractivity contribution >= 4 is 57.5 Å². The van der Waals surface area contributed by atoms with Gasteiger partial charge < -0.3 is 15.0 Å². The van der Waals surface area contributed by atoms with Crippen molar-refractivity contribution in [2.24, 2.45) is 0 Å². The van der Waals surface area contributed by atoms with Gasteiger partial charge in [-0.25, -0.2) is 4.79 Å². The van der Waals surface area contributed by atoms with Crippen LogP contribution in [0.2, 0.25) is 5.02 Å². The van der Waals surface area contributed by atoms with Crippen LogP contribution in [0.3, 0.4) is 0 Å². The number of halogens is 1. The number of benzene rings is 1. The van der Waals surface area contributed by atoms with Gasteiger partial charge in [0.15, 0.2) is 0 Å². The Morgan fingerprint density at radius 2 is 2.00 bits per heavy atom. The molecule has 2 heterocycles. The third kappa shape index (κ3) is 5.32. The van der Waals surface area contributed by atoms with Crippen molar-refractivity contribution in [3.63, 3.8) is 0 Å². The van der Waals surface area contributed by atoms with Crippen molar-refractivity contribution in [2.75, 3.05) is 24.7 Å². The van der Waals surface area contributed by atoms with Gasteiger partial charge in [-0.05, 0) is 36.2 Å². The summed E-state index contributed by atoms with van der Waals surface area (Å²) < 4.78 is 4.93. The monoisotopic (exact) mass is 452 g/mol. The van der Waals surface area contributed by atoms with E-state index in [0.717, 1.165) is 15.3 Å². The molecule has 9 heteroatoms. The second-order valence-corrected chi connectivity index (χ2v) is 9.20. The SMILES string of the molecule is COC(=O)c1c(NC(=O)CCSc2ccc(Cl)cc2)sc2c1CCN(C(C)=O)C2. The first-order valence-corrected chi connectivity index (χ1v) is 11.2. The highest BCUT2D eigenvalue weighted by molar-refractivity contribution is 7.99. The van der Waals surface area contributed by atoms with E-state index < -0.39 is 5.97 Å². The second kappa shape index (κ2) is 9.65. The van der Waals surface area contributed by atoms with E-state index in [4.69, 9.17) is 16.3 Å². The number of thioether (sulfide) groups is 1. The molecule has 0 radical (unpaired) electrons. The predicted octanol–water partition coefficient (Wildman–Crippen LogP) is 4.21. The number of thiophene rings is 1. The van der Waals surface area contributed by atoms with E-state index >= 15 is 0 Å². The topological polar surface area (TPSA) is 75.7 Å². The van der Waals surface area contributed by atoms with Crippen LogP contribution in [0.1, 0.15) is 34.1 Å². The molecule has 0 saturated carbocycles. The number of esters is 1. The third-order valence-electron chi connectivity index (χ3n) is 4.56. The standard InChI is InChI=1S/C20H21ClN2O4S2/c1-12(24)23-9-7-15-16(11-23)29-19(18(15)20(26)27-2)22-17(25)8-10-28-14-5-3-13(21)4-6-14/h3-6H,7-11H2,1-2H3,(H,22,25). The molecule has 0 saturated heterocycles. The average Bonchev–Trinajstić information content (AvgIpc) is 3.05. The van der Waals surface area contributed by atoms with E-state index in [0.29, 0.717) is 47.3 Å². The summed E-state index contributed by atoms with van der Waals surface area (Å²) in [6, 6.07) is 7.45. The molecule has 1 aliphatic rings. The normalized spacial score (nSPS) is 13.0. The third-order valence-corrected chi connectivity index (χ3v) is 6.95. The minimum atomic E-state index is -0.468. The number of carbonyl (C=O) groups is 3. The van der Waals surface area contributed by atoms with Crippen LogP contribution in [0, 0.1) is 0 Å². The first-order valence-electron chi connectivity index (χ1n) is 9.05. The molecule has 0 bridgehead atoms. The van der Waals surface area contributed by atoms with Crippen LogP contribution < -0.4 is 5.32 Å². The Labute approximate surface area is 182 Å². The van der Waals surface area contributed by atoms with Crippen LogP contribution in [0.4, 0.5) is 5.00 Å². The van der Waals surface area contributed by atoms with Gasteiger partial charge in [-0.15, -0.1) is 23.1 Å². The zero-order valence-corrected chi connectivity index (χ0v) is 18.5. The molecule has 0 fully saturated rings. The zero-order chi connectivity index (χ0) is 21.0. The first kappa shape index (κ1) is 21.7. The molecule has 0 spiro atoms. The molecule has 2 aromatic rings. The number of hydrogen-bond donors (Lipinski definition) is 1. The van der Waals surface area contributed by atoms with Crippen LogP contribution in [-0.4, -0.2) is 42.1 Å². The molecular formula is C20H21ClN2O4S2. The minimum Gasteiger partial charge on any atom is -0.465 e. The Balaban J connectivity index is 1.67. The number of fused-ring (bicyclic) bond motifs is 1. The number of nitrogens with one attached hydrogen (secondary N) is 1. The van der Waals surface area contributed by atoms with Crippen LogP contribution in [0.5, 0.6) is 0 Å². The molecule has 29 heavy (non-hydrogen) atoms. The highest BCUT2D eigenvalue weighted by Gasteiger charge is 2.29. The van der Waals surface area contributed by atoms with Crippen molar-refractivity contribution in [3.8, 4) is 0 Å². The zero-order valence-electron chi connectivity index (χ0n) is 16.1. The summed E-state index contributed by atoms with van der Waals surface area (Å²) in [6.45, 7) is 2.52. The molecule has 6 nitrogen and oxygen atoms in total.